The molecule has 1 aromatic heterocycles. The number of hydrogen-bond donors (Lipinski definition) is 2. The topological polar surface area (TPSA) is 98.4 Å². The van der Waals surface area contributed by atoms with Crippen LogP contribution in [0.5, 0.6) is 0 Å². The molecule has 2 aromatic rings. The molecule has 1 fully saturated rings. The zero-order chi connectivity index (χ0) is 19.4. The zero-order valence-corrected chi connectivity index (χ0v) is 16.6. The maximum Gasteiger partial charge on any atom is 0.281 e. The van der Waals surface area contributed by atoms with Crippen LogP contribution in [-0.2, 0) is 21.4 Å². The highest BCUT2D eigenvalue weighted by Crippen LogP contribution is 2.19. The second-order valence-corrected chi connectivity index (χ2v) is 9.30. The Morgan fingerprint density at radius 3 is 2.89 bits per heavy atom. The van der Waals surface area contributed by atoms with Crippen LogP contribution >= 0.6 is 0 Å². The molecule has 3 rings (SSSR count). The van der Waals surface area contributed by atoms with E-state index in [0.717, 1.165) is 29.7 Å². The van der Waals surface area contributed by atoms with Crippen molar-refractivity contribution in [3.8, 4) is 0 Å². The molecule has 0 spiro atoms. The molecule has 1 atom stereocenters. The van der Waals surface area contributed by atoms with Crippen molar-refractivity contribution in [3.05, 3.63) is 30.1 Å². The molecule has 1 aliphatic heterocycles. The summed E-state index contributed by atoms with van der Waals surface area (Å²) in [7, 11) is -0.308. The van der Waals surface area contributed by atoms with Crippen molar-refractivity contribution >= 4 is 27.1 Å². The number of carbonyl (C=O) groups is 1. The summed E-state index contributed by atoms with van der Waals surface area (Å²) >= 11 is 0. The van der Waals surface area contributed by atoms with Crippen molar-refractivity contribution in [2.24, 2.45) is 5.92 Å². The molecule has 9 heteroatoms. The first-order valence-corrected chi connectivity index (χ1v) is 10.6. The largest absolute Gasteiger partial charge is 0.356 e. The van der Waals surface area contributed by atoms with Gasteiger partial charge in [0.1, 0.15) is 5.82 Å². The molecule has 2 heterocycles. The van der Waals surface area contributed by atoms with Gasteiger partial charge in [0.25, 0.3) is 10.2 Å². The predicted molar refractivity (Wildman–Crippen MR) is 104 cm³/mol. The number of rotatable bonds is 7. The van der Waals surface area contributed by atoms with Gasteiger partial charge in [0.05, 0.1) is 11.0 Å². The fraction of sp³-hybridized carbons (Fsp3) is 0.556. The van der Waals surface area contributed by atoms with Crippen LogP contribution in [-0.4, -0.2) is 66.6 Å². The number of fused-ring (bicyclic) bond motifs is 1. The van der Waals surface area contributed by atoms with Crippen LogP contribution in [0.4, 0.5) is 0 Å². The number of benzene rings is 1. The third-order valence-corrected chi connectivity index (χ3v) is 6.79. The Hall–Kier alpha value is -1.97. The van der Waals surface area contributed by atoms with E-state index in [0.29, 0.717) is 32.5 Å². The van der Waals surface area contributed by atoms with Crippen LogP contribution in [0.1, 0.15) is 25.1 Å². The summed E-state index contributed by atoms with van der Waals surface area (Å²) in [5.74, 6) is 0.902. The number of hydrogen-bond acceptors (Lipinski definition) is 4. The number of carbonyl (C=O) groups excluding carboxylic acids is 1. The lowest BCUT2D eigenvalue weighted by atomic mass is 10.00. The first kappa shape index (κ1) is 19.8. The van der Waals surface area contributed by atoms with Gasteiger partial charge in [-0.1, -0.05) is 12.1 Å². The van der Waals surface area contributed by atoms with Crippen LogP contribution in [0.15, 0.2) is 24.3 Å². The van der Waals surface area contributed by atoms with Gasteiger partial charge in [-0.05, 0) is 30.9 Å². The number of nitrogens with zero attached hydrogens (tertiary/aromatic N) is 3. The van der Waals surface area contributed by atoms with Gasteiger partial charge < -0.3 is 10.3 Å². The molecule has 0 bridgehead atoms. The monoisotopic (exact) mass is 393 g/mol. The van der Waals surface area contributed by atoms with Crippen molar-refractivity contribution in [2.45, 2.75) is 25.7 Å². The van der Waals surface area contributed by atoms with Crippen molar-refractivity contribution in [1.29, 1.82) is 0 Å². The molecule has 0 aliphatic carbocycles. The van der Waals surface area contributed by atoms with Crippen LogP contribution in [0, 0.1) is 5.92 Å². The summed E-state index contributed by atoms with van der Waals surface area (Å²) < 4.78 is 27.3. The van der Waals surface area contributed by atoms with Gasteiger partial charge in [-0.25, -0.2) is 4.98 Å². The molecular formula is C18H27N5O3S. The standard InChI is InChI=1S/C18H27N5O3S/c1-22(2)27(25,26)23-11-5-6-14(13-23)12-19-18(24)10-9-17-20-15-7-3-4-8-16(15)21-17/h3-4,7-8,14H,5-6,9-13H2,1-2H3,(H,19,24)(H,20,21). The molecule has 1 unspecified atom stereocenters. The average Bonchev–Trinajstić information content (AvgIpc) is 3.08. The van der Waals surface area contributed by atoms with E-state index >= 15 is 0 Å². The smallest absolute Gasteiger partial charge is 0.281 e. The minimum atomic E-state index is -3.39. The van der Waals surface area contributed by atoms with Gasteiger partial charge in [0.2, 0.25) is 5.91 Å². The van der Waals surface area contributed by atoms with Gasteiger partial charge in [0.15, 0.2) is 0 Å². The maximum absolute atomic E-state index is 12.3. The minimum absolute atomic E-state index is 0.0388. The number of aromatic nitrogens is 2. The summed E-state index contributed by atoms with van der Waals surface area (Å²) in [6, 6.07) is 7.78. The number of piperidine rings is 1. The molecular weight excluding hydrogens is 366 g/mol. The fourth-order valence-corrected chi connectivity index (χ4v) is 4.56. The number of nitrogens with one attached hydrogen (secondary N) is 2. The number of aromatic amines is 1. The molecule has 8 nitrogen and oxygen atoms in total. The molecule has 148 valence electrons. The number of para-hydroxylation sites is 2. The SMILES string of the molecule is CN(C)S(=O)(=O)N1CCCC(CNC(=O)CCc2nc3ccccc3[nH]2)C1. The first-order valence-electron chi connectivity index (χ1n) is 9.24. The van der Waals surface area contributed by atoms with Gasteiger partial charge in [-0.15, -0.1) is 0 Å². The molecule has 1 aliphatic rings. The quantitative estimate of drug-likeness (QED) is 0.737. The van der Waals surface area contributed by atoms with E-state index in [9.17, 15) is 13.2 Å². The van der Waals surface area contributed by atoms with E-state index < -0.39 is 10.2 Å². The highest BCUT2D eigenvalue weighted by Gasteiger charge is 2.30. The number of aryl methyl sites for hydroxylation is 1. The van der Waals surface area contributed by atoms with E-state index in [2.05, 4.69) is 15.3 Å². The van der Waals surface area contributed by atoms with Gasteiger partial charge in [-0.2, -0.15) is 17.0 Å². The lowest BCUT2D eigenvalue weighted by molar-refractivity contribution is -0.121. The lowest BCUT2D eigenvalue weighted by Crippen LogP contribution is -2.47. The van der Waals surface area contributed by atoms with E-state index in [-0.39, 0.29) is 11.8 Å². The summed E-state index contributed by atoms with van der Waals surface area (Å²) in [6.07, 6.45) is 2.63. The normalized spacial score (nSPS) is 18.9. The zero-order valence-electron chi connectivity index (χ0n) is 15.8. The van der Waals surface area contributed by atoms with E-state index in [1.165, 1.54) is 8.61 Å². The molecule has 27 heavy (non-hydrogen) atoms. The number of H-pyrrole nitrogens is 1. The van der Waals surface area contributed by atoms with Crippen LogP contribution < -0.4 is 5.32 Å². The number of imidazole rings is 1. The molecule has 1 saturated heterocycles. The molecule has 2 N–H and O–H groups in total. The summed E-state index contributed by atoms with van der Waals surface area (Å²) in [4.78, 5) is 19.9. The summed E-state index contributed by atoms with van der Waals surface area (Å²) in [6.45, 7) is 1.49. The minimum Gasteiger partial charge on any atom is -0.356 e. The van der Waals surface area contributed by atoms with Crippen molar-refractivity contribution in [1.82, 2.24) is 23.9 Å². The van der Waals surface area contributed by atoms with Crippen molar-refractivity contribution in [3.63, 3.8) is 0 Å². The predicted octanol–water partition coefficient (Wildman–Crippen LogP) is 1.13. The highest BCUT2D eigenvalue weighted by atomic mass is 32.2. The fourth-order valence-electron chi connectivity index (χ4n) is 3.34. The van der Waals surface area contributed by atoms with E-state index in [1.54, 1.807) is 14.1 Å². The van der Waals surface area contributed by atoms with Gasteiger partial charge in [0, 0.05) is 46.6 Å². The van der Waals surface area contributed by atoms with Gasteiger partial charge in [-0.3, -0.25) is 4.79 Å². The third-order valence-electron chi connectivity index (χ3n) is 4.88. The summed E-state index contributed by atoms with van der Waals surface area (Å²) in [5.41, 5.74) is 1.87. The molecule has 1 aromatic carbocycles. The molecule has 0 radical (unpaired) electrons. The van der Waals surface area contributed by atoms with Crippen LogP contribution in [0.2, 0.25) is 0 Å². The second-order valence-electron chi connectivity index (χ2n) is 7.16. The molecule has 0 saturated carbocycles. The Morgan fingerprint density at radius 1 is 1.37 bits per heavy atom. The van der Waals surface area contributed by atoms with Gasteiger partial charge >= 0.3 is 0 Å². The molecule has 1 amide bonds. The average molecular weight is 394 g/mol. The Labute approximate surface area is 160 Å². The third kappa shape index (κ3) is 4.85. The lowest BCUT2D eigenvalue weighted by Gasteiger charge is -2.33. The van der Waals surface area contributed by atoms with E-state index in [4.69, 9.17) is 0 Å². The van der Waals surface area contributed by atoms with Crippen LogP contribution in [0.25, 0.3) is 11.0 Å². The van der Waals surface area contributed by atoms with Crippen molar-refractivity contribution in [2.75, 3.05) is 33.7 Å². The van der Waals surface area contributed by atoms with Crippen molar-refractivity contribution < 1.29 is 13.2 Å². The van der Waals surface area contributed by atoms with E-state index in [1.807, 2.05) is 24.3 Å². The highest BCUT2D eigenvalue weighted by molar-refractivity contribution is 7.86. The Balaban J connectivity index is 1.46. The number of amides is 1. The summed E-state index contributed by atoms with van der Waals surface area (Å²) in [5, 5.41) is 2.94. The first-order chi connectivity index (χ1) is 12.9. The Morgan fingerprint density at radius 2 is 2.15 bits per heavy atom. The Bertz CT molecular complexity index is 860. The maximum atomic E-state index is 12.3. The second kappa shape index (κ2) is 8.37. The Kier molecular flexibility index (Phi) is 6.13. The van der Waals surface area contributed by atoms with Crippen LogP contribution in [0.3, 0.4) is 0 Å².